The van der Waals surface area contributed by atoms with Crippen LogP contribution in [0.15, 0.2) is 30.3 Å². The Labute approximate surface area is 160 Å². The predicted molar refractivity (Wildman–Crippen MR) is 105 cm³/mol. The predicted octanol–water partition coefficient (Wildman–Crippen LogP) is 2.20. The van der Waals surface area contributed by atoms with Gasteiger partial charge in [0.25, 0.3) is 0 Å². The number of aromatic nitrogens is 2. The lowest BCUT2D eigenvalue weighted by Gasteiger charge is -2.26. The first-order valence-electron chi connectivity index (χ1n) is 9.99. The maximum absolute atomic E-state index is 12.8. The van der Waals surface area contributed by atoms with Gasteiger partial charge >= 0.3 is 0 Å². The molecule has 6 nitrogen and oxygen atoms in total. The standard InChI is InChI=1S/C21H29N5O/c1-14-18(15(2)26(25-14)13-16-8-4-3-5-9-16)12-22-21(27)20-17-10-6-7-11-19(17)23-24-20/h3-5,8-9,17,19-20,23-24H,6-7,10-13H2,1-2H3,(H,22,27). The third-order valence-corrected chi connectivity index (χ3v) is 6.10. The summed E-state index contributed by atoms with van der Waals surface area (Å²) < 4.78 is 2.03. The van der Waals surface area contributed by atoms with E-state index in [0.717, 1.165) is 36.3 Å². The van der Waals surface area contributed by atoms with E-state index < -0.39 is 0 Å². The number of carbonyl (C=O) groups is 1. The summed E-state index contributed by atoms with van der Waals surface area (Å²) in [5, 5.41) is 7.82. The van der Waals surface area contributed by atoms with Gasteiger partial charge in [-0.05, 0) is 32.3 Å². The van der Waals surface area contributed by atoms with Crippen molar-refractivity contribution in [3.05, 3.63) is 52.8 Å². The van der Waals surface area contributed by atoms with Crippen molar-refractivity contribution < 1.29 is 4.79 Å². The molecule has 2 aromatic rings. The molecule has 3 unspecified atom stereocenters. The van der Waals surface area contributed by atoms with Gasteiger partial charge in [0.05, 0.1) is 12.2 Å². The van der Waals surface area contributed by atoms with Gasteiger partial charge in [-0.1, -0.05) is 43.2 Å². The highest BCUT2D eigenvalue weighted by Crippen LogP contribution is 2.30. The zero-order valence-electron chi connectivity index (χ0n) is 16.2. The van der Waals surface area contributed by atoms with Gasteiger partial charge in [0, 0.05) is 29.8 Å². The van der Waals surface area contributed by atoms with Gasteiger partial charge in [-0.25, -0.2) is 5.43 Å². The largest absolute Gasteiger partial charge is 0.350 e. The van der Waals surface area contributed by atoms with E-state index in [-0.39, 0.29) is 11.9 Å². The Morgan fingerprint density at radius 2 is 1.96 bits per heavy atom. The average molecular weight is 367 g/mol. The summed E-state index contributed by atoms with van der Waals surface area (Å²) in [6, 6.07) is 10.6. The van der Waals surface area contributed by atoms with Crippen molar-refractivity contribution in [3.63, 3.8) is 0 Å². The molecule has 2 aliphatic rings. The van der Waals surface area contributed by atoms with Crippen molar-refractivity contribution in [1.82, 2.24) is 25.9 Å². The number of fused-ring (bicyclic) bond motifs is 1. The van der Waals surface area contributed by atoms with E-state index >= 15 is 0 Å². The molecule has 0 radical (unpaired) electrons. The Balaban J connectivity index is 1.40. The second-order valence-electron chi connectivity index (χ2n) is 7.83. The Hall–Kier alpha value is -2.18. The van der Waals surface area contributed by atoms with Crippen molar-refractivity contribution >= 4 is 5.91 Å². The number of benzene rings is 1. The molecule has 1 aromatic heterocycles. The van der Waals surface area contributed by atoms with E-state index in [2.05, 4.69) is 40.3 Å². The summed E-state index contributed by atoms with van der Waals surface area (Å²) in [7, 11) is 0. The lowest BCUT2D eigenvalue weighted by Crippen LogP contribution is -2.45. The van der Waals surface area contributed by atoms with Crippen molar-refractivity contribution in [2.24, 2.45) is 5.92 Å². The molecule has 3 N–H and O–H groups in total. The van der Waals surface area contributed by atoms with E-state index in [0.29, 0.717) is 18.5 Å². The van der Waals surface area contributed by atoms with Crippen LogP contribution in [0.1, 0.15) is 48.2 Å². The van der Waals surface area contributed by atoms with E-state index in [1.54, 1.807) is 0 Å². The Morgan fingerprint density at radius 3 is 2.78 bits per heavy atom. The molecule has 4 rings (SSSR count). The first-order chi connectivity index (χ1) is 13.1. The monoisotopic (exact) mass is 367 g/mol. The van der Waals surface area contributed by atoms with E-state index in [1.165, 1.54) is 18.4 Å². The van der Waals surface area contributed by atoms with Crippen LogP contribution in [-0.4, -0.2) is 27.8 Å². The number of hydrogen-bond acceptors (Lipinski definition) is 4. The van der Waals surface area contributed by atoms with Crippen molar-refractivity contribution in [2.45, 2.75) is 64.7 Å². The SMILES string of the molecule is Cc1nn(Cc2ccccc2)c(C)c1CNC(=O)C1NNC2CCCCC21. The first kappa shape index (κ1) is 18.2. The summed E-state index contributed by atoms with van der Waals surface area (Å²) in [4.78, 5) is 12.8. The normalized spacial score (nSPS) is 24.6. The molecule has 3 atom stereocenters. The van der Waals surface area contributed by atoms with Crippen molar-refractivity contribution in [3.8, 4) is 0 Å². The molecule has 1 amide bonds. The van der Waals surface area contributed by atoms with Crippen LogP contribution < -0.4 is 16.2 Å². The molecule has 1 aliphatic carbocycles. The molecule has 2 fully saturated rings. The number of hydrogen-bond donors (Lipinski definition) is 3. The van der Waals surface area contributed by atoms with E-state index in [4.69, 9.17) is 0 Å². The number of nitrogens with zero attached hydrogens (tertiary/aromatic N) is 2. The summed E-state index contributed by atoms with van der Waals surface area (Å²) in [5.74, 6) is 0.494. The molecule has 1 saturated carbocycles. The lowest BCUT2D eigenvalue weighted by molar-refractivity contribution is -0.124. The van der Waals surface area contributed by atoms with Gasteiger partial charge in [-0.3, -0.25) is 14.9 Å². The second-order valence-corrected chi connectivity index (χ2v) is 7.83. The molecule has 144 valence electrons. The van der Waals surface area contributed by atoms with Crippen LogP contribution in [0.5, 0.6) is 0 Å². The number of rotatable bonds is 5. The fraction of sp³-hybridized carbons (Fsp3) is 0.524. The minimum atomic E-state index is -0.129. The second kappa shape index (κ2) is 7.82. The first-order valence-corrected chi connectivity index (χ1v) is 9.99. The lowest BCUT2D eigenvalue weighted by atomic mass is 9.81. The van der Waals surface area contributed by atoms with Crippen LogP contribution in [0.4, 0.5) is 0 Å². The molecular weight excluding hydrogens is 338 g/mol. The summed E-state index contributed by atoms with van der Waals surface area (Å²) in [5.41, 5.74) is 11.0. The summed E-state index contributed by atoms with van der Waals surface area (Å²) in [6.45, 7) is 5.37. The van der Waals surface area contributed by atoms with Crippen LogP contribution in [0.25, 0.3) is 0 Å². The van der Waals surface area contributed by atoms with Gasteiger partial charge in [0.2, 0.25) is 5.91 Å². The number of hydrazine groups is 1. The number of amides is 1. The number of carbonyl (C=O) groups excluding carboxylic acids is 1. The van der Waals surface area contributed by atoms with Crippen molar-refractivity contribution in [2.75, 3.05) is 0 Å². The summed E-state index contributed by atoms with van der Waals surface area (Å²) in [6.07, 6.45) is 4.75. The molecule has 27 heavy (non-hydrogen) atoms. The third kappa shape index (κ3) is 3.77. The van der Waals surface area contributed by atoms with Gasteiger partial charge < -0.3 is 5.32 Å². The van der Waals surface area contributed by atoms with Crippen LogP contribution in [0.3, 0.4) is 0 Å². The molecule has 1 saturated heterocycles. The molecule has 0 bridgehead atoms. The molecule has 2 heterocycles. The third-order valence-electron chi connectivity index (χ3n) is 6.10. The molecule has 1 aromatic carbocycles. The minimum Gasteiger partial charge on any atom is -0.350 e. The van der Waals surface area contributed by atoms with E-state index in [1.807, 2.05) is 29.8 Å². The Bertz CT molecular complexity index is 800. The highest BCUT2D eigenvalue weighted by atomic mass is 16.2. The van der Waals surface area contributed by atoms with Crippen LogP contribution in [0, 0.1) is 19.8 Å². The van der Waals surface area contributed by atoms with Gasteiger partial charge in [0.15, 0.2) is 0 Å². The van der Waals surface area contributed by atoms with Crippen LogP contribution in [-0.2, 0) is 17.9 Å². The zero-order valence-corrected chi connectivity index (χ0v) is 16.2. The molecular formula is C21H29N5O. The molecule has 1 aliphatic heterocycles. The van der Waals surface area contributed by atoms with Gasteiger partial charge in [-0.2, -0.15) is 5.10 Å². The smallest absolute Gasteiger partial charge is 0.239 e. The average Bonchev–Trinajstić information content (AvgIpc) is 3.22. The maximum Gasteiger partial charge on any atom is 0.239 e. The van der Waals surface area contributed by atoms with Gasteiger partial charge in [-0.15, -0.1) is 0 Å². The minimum absolute atomic E-state index is 0.0894. The molecule has 6 heteroatoms. The Morgan fingerprint density at radius 1 is 1.19 bits per heavy atom. The maximum atomic E-state index is 12.8. The quantitative estimate of drug-likeness (QED) is 0.758. The Kier molecular flexibility index (Phi) is 5.27. The highest BCUT2D eigenvalue weighted by Gasteiger charge is 2.40. The van der Waals surface area contributed by atoms with Gasteiger partial charge in [0.1, 0.15) is 6.04 Å². The van der Waals surface area contributed by atoms with Crippen LogP contribution in [0.2, 0.25) is 0 Å². The fourth-order valence-corrected chi connectivity index (χ4v) is 4.49. The number of aryl methyl sites for hydroxylation is 1. The van der Waals surface area contributed by atoms with E-state index in [9.17, 15) is 4.79 Å². The topological polar surface area (TPSA) is 71.0 Å². The zero-order chi connectivity index (χ0) is 18.8. The highest BCUT2D eigenvalue weighted by molar-refractivity contribution is 5.82. The molecule has 0 spiro atoms. The summed E-state index contributed by atoms with van der Waals surface area (Å²) >= 11 is 0. The van der Waals surface area contributed by atoms with Crippen LogP contribution >= 0.6 is 0 Å². The van der Waals surface area contributed by atoms with Crippen molar-refractivity contribution in [1.29, 1.82) is 0 Å². The fourth-order valence-electron chi connectivity index (χ4n) is 4.49. The number of nitrogens with one attached hydrogen (secondary N) is 3.